The minimum atomic E-state index is 1.05. The molecule has 0 atom stereocenters. The van der Waals surface area contributed by atoms with Gasteiger partial charge in [0.25, 0.3) is 0 Å². The molecule has 0 spiro atoms. The monoisotopic (exact) mass is 296 g/mol. The Morgan fingerprint density at radius 2 is 1.82 bits per heavy atom. The first kappa shape index (κ1) is 16.6. The van der Waals surface area contributed by atoms with E-state index in [-0.39, 0.29) is 0 Å². The summed E-state index contributed by atoms with van der Waals surface area (Å²) in [6, 6.07) is 10.8. The van der Waals surface area contributed by atoms with Gasteiger partial charge in [0.15, 0.2) is 0 Å². The van der Waals surface area contributed by atoms with Crippen molar-refractivity contribution in [3.63, 3.8) is 0 Å². The van der Waals surface area contributed by atoms with Crippen LogP contribution in [-0.4, -0.2) is 36.0 Å². The fourth-order valence-electron chi connectivity index (χ4n) is 3.09. The van der Waals surface area contributed by atoms with E-state index in [9.17, 15) is 0 Å². The quantitative estimate of drug-likeness (QED) is 0.725. The summed E-state index contributed by atoms with van der Waals surface area (Å²) in [5, 5.41) is 0. The zero-order valence-corrected chi connectivity index (χ0v) is 14.0. The summed E-state index contributed by atoms with van der Waals surface area (Å²) < 4.78 is 0. The average Bonchev–Trinajstić information content (AvgIpc) is 2.57. The van der Waals surface area contributed by atoms with Gasteiger partial charge < -0.3 is 4.90 Å². The second-order valence-electron chi connectivity index (χ2n) is 5.70. The maximum atomic E-state index is 3.84. The molecule has 1 aromatic rings. The van der Waals surface area contributed by atoms with Crippen LogP contribution >= 0.6 is 0 Å². The molecule has 118 valence electrons. The molecule has 0 bridgehead atoms. The second kappa shape index (κ2) is 8.60. The highest BCUT2D eigenvalue weighted by molar-refractivity contribution is 5.32. The summed E-state index contributed by atoms with van der Waals surface area (Å²) in [4.78, 5) is 5.06. The summed E-state index contributed by atoms with van der Waals surface area (Å²) in [6.07, 6.45) is 7.33. The number of rotatable bonds is 6. The van der Waals surface area contributed by atoms with Crippen LogP contribution in [0.15, 0.2) is 66.4 Å². The molecule has 1 saturated heterocycles. The van der Waals surface area contributed by atoms with Crippen LogP contribution in [0, 0.1) is 0 Å². The van der Waals surface area contributed by atoms with Crippen LogP contribution in [0.3, 0.4) is 0 Å². The molecular weight excluding hydrogens is 268 g/mol. The third-order valence-electron chi connectivity index (χ3n) is 4.26. The van der Waals surface area contributed by atoms with Gasteiger partial charge in [-0.3, -0.25) is 4.90 Å². The fraction of sp³-hybridized carbons (Fsp3) is 0.400. The highest BCUT2D eigenvalue weighted by Gasteiger charge is 2.19. The van der Waals surface area contributed by atoms with Gasteiger partial charge in [0.05, 0.1) is 0 Å². The Hall–Kier alpha value is -1.80. The number of benzene rings is 1. The van der Waals surface area contributed by atoms with Crippen molar-refractivity contribution in [2.75, 3.05) is 26.2 Å². The maximum Gasteiger partial charge on any atom is 0.0356 e. The maximum absolute atomic E-state index is 3.84. The van der Waals surface area contributed by atoms with E-state index in [0.29, 0.717) is 0 Å². The van der Waals surface area contributed by atoms with Crippen LogP contribution in [0.25, 0.3) is 0 Å². The molecule has 0 aliphatic carbocycles. The van der Waals surface area contributed by atoms with E-state index in [2.05, 4.69) is 72.7 Å². The zero-order chi connectivity index (χ0) is 15.8. The van der Waals surface area contributed by atoms with E-state index >= 15 is 0 Å². The lowest BCUT2D eigenvalue weighted by atomic mass is 10.1. The molecule has 0 radical (unpaired) electrons. The van der Waals surface area contributed by atoms with Crippen LogP contribution in [0.5, 0.6) is 0 Å². The van der Waals surface area contributed by atoms with E-state index in [4.69, 9.17) is 0 Å². The second-order valence-corrected chi connectivity index (χ2v) is 5.70. The van der Waals surface area contributed by atoms with E-state index in [1.807, 2.05) is 6.08 Å². The lowest BCUT2D eigenvalue weighted by Crippen LogP contribution is -2.45. The minimum absolute atomic E-state index is 1.05. The molecule has 0 N–H and O–H groups in total. The Kier molecular flexibility index (Phi) is 6.47. The van der Waals surface area contributed by atoms with Crippen molar-refractivity contribution in [3.05, 3.63) is 72.0 Å². The average molecular weight is 296 g/mol. The van der Waals surface area contributed by atoms with Crippen molar-refractivity contribution in [1.82, 2.24) is 9.80 Å². The van der Waals surface area contributed by atoms with E-state index in [1.165, 1.54) is 16.8 Å². The highest BCUT2D eigenvalue weighted by Crippen LogP contribution is 2.21. The minimum Gasteiger partial charge on any atom is -0.369 e. The van der Waals surface area contributed by atoms with Crippen LogP contribution in [0.2, 0.25) is 0 Å². The van der Waals surface area contributed by atoms with Crippen molar-refractivity contribution in [2.24, 2.45) is 0 Å². The third-order valence-corrected chi connectivity index (χ3v) is 4.26. The van der Waals surface area contributed by atoms with Crippen molar-refractivity contribution >= 4 is 0 Å². The normalized spacial score (nSPS) is 17.6. The SMILES string of the molecule is C=C/C=C(CC)\C(=C/C)N1CCN(Cc2ccccc2)CC1. The molecule has 0 amide bonds. The first-order valence-electron chi connectivity index (χ1n) is 8.28. The predicted octanol–water partition coefficient (Wildman–Crippen LogP) is 4.23. The van der Waals surface area contributed by atoms with Crippen molar-refractivity contribution in [3.8, 4) is 0 Å². The van der Waals surface area contributed by atoms with Gasteiger partial charge in [0, 0.05) is 38.4 Å². The van der Waals surface area contributed by atoms with Crippen molar-refractivity contribution in [2.45, 2.75) is 26.8 Å². The third kappa shape index (κ3) is 4.35. The van der Waals surface area contributed by atoms with E-state index in [1.54, 1.807) is 0 Å². The van der Waals surface area contributed by atoms with Crippen LogP contribution in [0.4, 0.5) is 0 Å². The van der Waals surface area contributed by atoms with Gasteiger partial charge in [-0.25, -0.2) is 0 Å². The molecule has 0 saturated carbocycles. The number of hydrogen-bond acceptors (Lipinski definition) is 2. The molecule has 1 aromatic carbocycles. The standard InChI is InChI=1S/C20H28N2/c1-4-10-19(5-2)20(6-3)22-15-13-21(14-16-22)17-18-11-8-7-9-12-18/h4,6-12H,1,5,13-17H2,2-3H3/b19-10-,20-6+. The topological polar surface area (TPSA) is 6.48 Å². The Bertz CT molecular complexity index is 520. The van der Waals surface area contributed by atoms with Gasteiger partial charge in [0.1, 0.15) is 0 Å². The predicted molar refractivity (Wildman–Crippen MR) is 95.6 cm³/mol. The smallest absolute Gasteiger partial charge is 0.0356 e. The lowest BCUT2D eigenvalue weighted by molar-refractivity contribution is 0.154. The number of allylic oxidation sites excluding steroid dienone is 4. The molecule has 0 aromatic heterocycles. The van der Waals surface area contributed by atoms with Crippen molar-refractivity contribution in [1.29, 1.82) is 0 Å². The van der Waals surface area contributed by atoms with Crippen LogP contribution < -0.4 is 0 Å². The molecule has 1 fully saturated rings. The number of hydrogen-bond donors (Lipinski definition) is 0. The highest BCUT2D eigenvalue weighted by atomic mass is 15.3. The van der Waals surface area contributed by atoms with Gasteiger partial charge in [-0.2, -0.15) is 0 Å². The molecule has 2 nitrogen and oxygen atoms in total. The first-order chi connectivity index (χ1) is 10.8. The molecule has 22 heavy (non-hydrogen) atoms. The molecule has 1 aliphatic heterocycles. The Morgan fingerprint density at radius 1 is 1.14 bits per heavy atom. The van der Waals surface area contributed by atoms with Gasteiger partial charge in [-0.15, -0.1) is 0 Å². The van der Waals surface area contributed by atoms with Gasteiger partial charge in [-0.05, 0) is 24.5 Å². The summed E-state index contributed by atoms with van der Waals surface area (Å²) in [5.41, 5.74) is 4.17. The summed E-state index contributed by atoms with van der Waals surface area (Å²) in [5.74, 6) is 0. The largest absolute Gasteiger partial charge is 0.369 e. The molecule has 1 heterocycles. The lowest BCUT2D eigenvalue weighted by Gasteiger charge is -2.38. The number of nitrogens with zero attached hydrogens (tertiary/aromatic N) is 2. The number of piperazine rings is 1. The Morgan fingerprint density at radius 3 is 2.36 bits per heavy atom. The molecule has 1 aliphatic rings. The van der Waals surface area contributed by atoms with Crippen LogP contribution in [-0.2, 0) is 6.54 Å². The molecule has 2 heteroatoms. The van der Waals surface area contributed by atoms with E-state index in [0.717, 1.165) is 39.1 Å². The van der Waals surface area contributed by atoms with E-state index < -0.39 is 0 Å². The van der Waals surface area contributed by atoms with Gasteiger partial charge in [-0.1, -0.05) is 62.1 Å². The van der Waals surface area contributed by atoms with Gasteiger partial charge in [0.2, 0.25) is 0 Å². The Balaban J connectivity index is 1.93. The molecule has 0 unspecified atom stereocenters. The zero-order valence-electron chi connectivity index (χ0n) is 14.0. The summed E-state index contributed by atoms with van der Waals surface area (Å²) in [6.45, 7) is 13.7. The fourth-order valence-corrected chi connectivity index (χ4v) is 3.09. The first-order valence-corrected chi connectivity index (χ1v) is 8.28. The molecule has 2 rings (SSSR count). The van der Waals surface area contributed by atoms with Crippen molar-refractivity contribution < 1.29 is 0 Å². The van der Waals surface area contributed by atoms with Gasteiger partial charge >= 0.3 is 0 Å². The Labute approximate surface area is 135 Å². The summed E-state index contributed by atoms with van der Waals surface area (Å²) >= 11 is 0. The summed E-state index contributed by atoms with van der Waals surface area (Å²) in [7, 11) is 0. The van der Waals surface area contributed by atoms with Crippen LogP contribution in [0.1, 0.15) is 25.8 Å². The molecular formula is C20H28N2.